The van der Waals surface area contributed by atoms with Gasteiger partial charge in [0.1, 0.15) is 0 Å². The van der Waals surface area contributed by atoms with Crippen LogP contribution in [0.2, 0.25) is 0 Å². The summed E-state index contributed by atoms with van der Waals surface area (Å²) >= 11 is 0.782. The summed E-state index contributed by atoms with van der Waals surface area (Å²) < 4.78 is 117. The Bertz CT molecular complexity index is 1140. The molecule has 0 aliphatic carbocycles. The molecule has 2 heterocycles. The van der Waals surface area contributed by atoms with Crippen molar-refractivity contribution in [1.29, 1.82) is 0 Å². The third-order valence-corrected chi connectivity index (χ3v) is 5.46. The molecule has 0 aliphatic rings. The molecule has 14 heteroatoms. The smallest absolute Gasteiger partial charge is 0.347 e. The fourth-order valence-corrected chi connectivity index (χ4v) is 3.79. The maximum absolute atomic E-state index is 12.9. The lowest BCUT2D eigenvalue weighted by Gasteiger charge is -2.14. The lowest BCUT2D eigenvalue weighted by atomic mass is 10.0. The molecule has 2 aromatic heterocycles. The van der Waals surface area contributed by atoms with Gasteiger partial charge in [-0.3, -0.25) is 9.48 Å². The third kappa shape index (κ3) is 5.67. The number of hydrogen-bond acceptors (Lipinski definition) is 3. The van der Waals surface area contributed by atoms with Gasteiger partial charge in [0.05, 0.1) is 26.6 Å². The Kier molecular flexibility index (Phi) is 6.26. The lowest BCUT2D eigenvalue weighted by Crippen LogP contribution is -2.22. The van der Waals surface area contributed by atoms with E-state index >= 15 is 0 Å². The minimum atomic E-state index is -5.03. The van der Waals surface area contributed by atoms with Crippen LogP contribution >= 0.6 is 11.3 Å². The fraction of sp³-hybridized carbons (Fsp3) is 0.263. The van der Waals surface area contributed by atoms with E-state index in [2.05, 4.69) is 10.4 Å². The van der Waals surface area contributed by atoms with Gasteiger partial charge in [0.15, 0.2) is 5.69 Å². The standard InChI is InChI=1S/C19H12F9N3OS/c1-31-12(7-15(30-31)19(26,27)28)13-2-3-14(33-13)16(32)29-8-9-4-10(17(20,21)22)6-11(5-9)18(23,24)25/h2-7H,8H2,1H3,(H,29,32). The largest absolute Gasteiger partial charge is 0.435 e. The molecule has 3 rings (SSSR count). The Morgan fingerprint density at radius 2 is 1.48 bits per heavy atom. The maximum atomic E-state index is 12.9. The van der Waals surface area contributed by atoms with Gasteiger partial charge in [-0.25, -0.2) is 0 Å². The lowest BCUT2D eigenvalue weighted by molar-refractivity contribution is -0.143. The number of carbonyl (C=O) groups is 1. The molecule has 178 valence electrons. The van der Waals surface area contributed by atoms with E-state index in [1.807, 2.05) is 0 Å². The molecule has 33 heavy (non-hydrogen) atoms. The molecule has 0 spiro atoms. The third-order valence-electron chi connectivity index (χ3n) is 4.35. The zero-order chi connectivity index (χ0) is 24.8. The summed E-state index contributed by atoms with van der Waals surface area (Å²) in [6.45, 7) is -0.636. The molecular weight excluding hydrogens is 489 g/mol. The second-order valence-corrected chi connectivity index (χ2v) is 7.88. The first kappa shape index (κ1) is 24.6. The molecule has 0 unspecified atom stereocenters. The van der Waals surface area contributed by atoms with Gasteiger partial charge < -0.3 is 5.32 Å². The molecule has 1 aromatic carbocycles. The van der Waals surface area contributed by atoms with Crippen molar-refractivity contribution in [1.82, 2.24) is 15.1 Å². The van der Waals surface area contributed by atoms with Crippen LogP contribution in [0.15, 0.2) is 36.4 Å². The van der Waals surface area contributed by atoms with E-state index < -0.39 is 53.4 Å². The van der Waals surface area contributed by atoms with Gasteiger partial charge in [-0.15, -0.1) is 11.3 Å². The van der Waals surface area contributed by atoms with Gasteiger partial charge in [0.25, 0.3) is 5.91 Å². The first-order chi connectivity index (χ1) is 15.1. The Hall–Kier alpha value is -3.03. The van der Waals surface area contributed by atoms with Crippen LogP contribution in [-0.2, 0) is 32.1 Å². The molecule has 3 aromatic rings. The van der Waals surface area contributed by atoms with Crippen LogP contribution in [0.5, 0.6) is 0 Å². The minimum absolute atomic E-state index is 0.0113. The van der Waals surface area contributed by atoms with E-state index in [9.17, 15) is 44.3 Å². The quantitative estimate of drug-likeness (QED) is 0.437. The second kappa shape index (κ2) is 8.39. The molecule has 1 N–H and O–H groups in total. The van der Waals surface area contributed by atoms with Crippen molar-refractivity contribution in [3.05, 3.63) is 63.7 Å². The van der Waals surface area contributed by atoms with Gasteiger partial charge >= 0.3 is 18.5 Å². The Labute approximate surface area is 183 Å². The topological polar surface area (TPSA) is 46.9 Å². The number of aryl methyl sites for hydroxylation is 1. The van der Waals surface area contributed by atoms with Crippen LogP contribution in [0.1, 0.15) is 32.1 Å². The number of thiophene rings is 1. The molecule has 0 bridgehead atoms. The summed E-state index contributed by atoms with van der Waals surface area (Å²) in [6, 6.07) is 4.35. The summed E-state index contributed by atoms with van der Waals surface area (Å²) in [7, 11) is 1.27. The number of amides is 1. The Morgan fingerprint density at radius 1 is 0.909 bits per heavy atom. The molecule has 0 aliphatic heterocycles. The fourth-order valence-electron chi connectivity index (χ4n) is 2.82. The number of nitrogens with zero attached hydrogens (tertiary/aromatic N) is 2. The Balaban J connectivity index is 1.79. The molecule has 0 saturated carbocycles. The van der Waals surface area contributed by atoms with E-state index in [1.165, 1.54) is 19.2 Å². The molecule has 1 amide bonds. The van der Waals surface area contributed by atoms with E-state index in [-0.39, 0.29) is 21.5 Å². The number of carbonyl (C=O) groups excluding carboxylic acids is 1. The van der Waals surface area contributed by atoms with Gasteiger partial charge in [-0.2, -0.15) is 44.6 Å². The van der Waals surface area contributed by atoms with Crippen LogP contribution in [0, 0.1) is 0 Å². The number of nitrogens with one attached hydrogen (secondary N) is 1. The first-order valence-corrected chi connectivity index (χ1v) is 9.65. The van der Waals surface area contributed by atoms with E-state index in [0.717, 1.165) is 22.1 Å². The van der Waals surface area contributed by atoms with Gasteiger partial charge in [-0.1, -0.05) is 0 Å². The average molecular weight is 501 g/mol. The van der Waals surface area contributed by atoms with Crippen molar-refractivity contribution in [3.63, 3.8) is 0 Å². The maximum Gasteiger partial charge on any atom is 0.435 e. The van der Waals surface area contributed by atoms with Gasteiger partial charge in [0, 0.05) is 13.6 Å². The van der Waals surface area contributed by atoms with Crippen molar-refractivity contribution in [2.24, 2.45) is 7.05 Å². The zero-order valence-electron chi connectivity index (χ0n) is 16.3. The number of hydrogen-bond donors (Lipinski definition) is 1. The van der Waals surface area contributed by atoms with Crippen LogP contribution in [0.3, 0.4) is 0 Å². The molecule has 0 saturated heterocycles. The normalized spacial score (nSPS) is 12.8. The number of halogens is 9. The van der Waals surface area contributed by atoms with Crippen molar-refractivity contribution < 1.29 is 44.3 Å². The van der Waals surface area contributed by atoms with Gasteiger partial charge in [-0.05, 0) is 42.0 Å². The van der Waals surface area contributed by atoms with Crippen LogP contribution in [0.4, 0.5) is 39.5 Å². The number of benzene rings is 1. The summed E-state index contributed by atoms with van der Waals surface area (Å²) in [6.07, 6.45) is -14.7. The highest BCUT2D eigenvalue weighted by molar-refractivity contribution is 7.17. The molecule has 0 atom stereocenters. The van der Waals surface area contributed by atoms with Crippen molar-refractivity contribution in [2.75, 3.05) is 0 Å². The SMILES string of the molecule is Cn1nc(C(F)(F)F)cc1-c1ccc(C(=O)NCc2cc(C(F)(F)F)cc(C(F)(F)F)c2)s1. The average Bonchev–Trinajstić information content (AvgIpc) is 3.31. The highest BCUT2D eigenvalue weighted by Gasteiger charge is 2.37. The minimum Gasteiger partial charge on any atom is -0.347 e. The molecule has 0 radical (unpaired) electrons. The van der Waals surface area contributed by atoms with Crippen LogP contribution in [-0.4, -0.2) is 15.7 Å². The number of rotatable bonds is 4. The predicted octanol–water partition coefficient (Wildman–Crippen LogP) is 6.14. The highest BCUT2D eigenvalue weighted by Crippen LogP contribution is 2.37. The number of aromatic nitrogens is 2. The molecular formula is C19H12F9N3OS. The zero-order valence-corrected chi connectivity index (χ0v) is 17.1. The van der Waals surface area contributed by atoms with E-state index in [0.29, 0.717) is 12.1 Å². The van der Waals surface area contributed by atoms with Crippen LogP contribution < -0.4 is 5.32 Å². The summed E-state index contributed by atoms with van der Waals surface area (Å²) in [4.78, 5) is 12.6. The summed E-state index contributed by atoms with van der Waals surface area (Å²) in [5.41, 5.74) is -4.53. The summed E-state index contributed by atoms with van der Waals surface area (Å²) in [5.74, 6) is -0.824. The predicted molar refractivity (Wildman–Crippen MR) is 99.1 cm³/mol. The highest BCUT2D eigenvalue weighted by atomic mass is 32.1. The molecule has 4 nitrogen and oxygen atoms in total. The monoisotopic (exact) mass is 501 g/mol. The second-order valence-electron chi connectivity index (χ2n) is 6.80. The Morgan fingerprint density at radius 3 is 1.97 bits per heavy atom. The van der Waals surface area contributed by atoms with Crippen molar-refractivity contribution in [3.8, 4) is 10.6 Å². The molecule has 0 fully saturated rings. The van der Waals surface area contributed by atoms with Crippen LogP contribution in [0.25, 0.3) is 10.6 Å². The van der Waals surface area contributed by atoms with Crippen molar-refractivity contribution >= 4 is 17.2 Å². The van der Waals surface area contributed by atoms with Crippen molar-refractivity contribution in [2.45, 2.75) is 25.1 Å². The van der Waals surface area contributed by atoms with Gasteiger partial charge in [0.2, 0.25) is 0 Å². The number of alkyl halides is 9. The van der Waals surface area contributed by atoms with E-state index in [4.69, 9.17) is 0 Å². The van der Waals surface area contributed by atoms with E-state index in [1.54, 1.807) is 0 Å². The summed E-state index contributed by atoms with van der Waals surface area (Å²) in [5, 5.41) is 5.57. The first-order valence-electron chi connectivity index (χ1n) is 8.83.